The molecule has 0 unspecified atom stereocenters. The van der Waals surface area contributed by atoms with Crippen molar-refractivity contribution >= 4 is 17.9 Å². The lowest BCUT2D eigenvalue weighted by Crippen LogP contribution is -2.47. The van der Waals surface area contributed by atoms with Gasteiger partial charge in [0.15, 0.2) is 0 Å². The summed E-state index contributed by atoms with van der Waals surface area (Å²) in [6.45, 7) is 6.61. The molecule has 1 fully saturated rings. The number of benzene rings is 2. The second-order valence-corrected chi connectivity index (χ2v) is 8.73. The Balaban J connectivity index is 1.49. The van der Waals surface area contributed by atoms with Crippen molar-refractivity contribution in [3.8, 4) is 11.5 Å². The van der Waals surface area contributed by atoms with Gasteiger partial charge in [0.25, 0.3) is 5.91 Å². The van der Waals surface area contributed by atoms with Crippen LogP contribution in [0.15, 0.2) is 48.5 Å². The number of nitrogens with one attached hydrogen (secondary N) is 1. The van der Waals surface area contributed by atoms with Crippen LogP contribution in [0.25, 0.3) is 0 Å². The molecule has 0 bridgehead atoms. The number of hydrogen-bond acceptors (Lipinski definition) is 5. The molecule has 0 radical (unpaired) electrons. The average Bonchev–Trinajstić information content (AvgIpc) is 2.74. The number of carbonyl (C=O) groups is 3. The van der Waals surface area contributed by atoms with Crippen molar-refractivity contribution in [2.24, 2.45) is 5.73 Å². The summed E-state index contributed by atoms with van der Waals surface area (Å²) in [5, 5.41) is 3.03. The van der Waals surface area contributed by atoms with E-state index in [0.29, 0.717) is 48.6 Å². The van der Waals surface area contributed by atoms with E-state index in [4.69, 9.17) is 15.2 Å². The van der Waals surface area contributed by atoms with Gasteiger partial charge in [-0.1, -0.05) is 0 Å². The van der Waals surface area contributed by atoms with Crippen molar-refractivity contribution < 1.29 is 23.9 Å². The van der Waals surface area contributed by atoms with Gasteiger partial charge in [0.2, 0.25) is 5.91 Å². The van der Waals surface area contributed by atoms with Crippen LogP contribution in [0.3, 0.4) is 0 Å². The van der Waals surface area contributed by atoms with Gasteiger partial charge in [0.1, 0.15) is 17.1 Å². The van der Waals surface area contributed by atoms with E-state index < -0.39 is 11.5 Å². The minimum absolute atomic E-state index is 0.000818. The maximum absolute atomic E-state index is 12.6. The Hall–Kier alpha value is -3.55. The molecule has 0 aliphatic carbocycles. The SMILES string of the molecule is CC(C)(C)OC(=O)N1CCC(NC(=O)c2ccc(Oc3ccc(C(N)=O)cc3)cc2)CC1. The van der Waals surface area contributed by atoms with E-state index in [1.807, 2.05) is 20.8 Å². The summed E-state index contributed by atoms with van der Waals surface area (Å²) >= 11 is 0. The second kappa shape index (κ2) is 9.72. The number of likely N-dealkylation sites (tertiary alicyclic amines) is 1. The Kier molecular flexibility index (Phi) is 7.02. The molecular weight excluding hydrogens is 410 g/mol. The largest absolute Gasteiger partial charge is 0.457 e. The summed E-state index contributed by atoms with van der Waals surface area (Å²) in [4.78, 5) is 37.6. The van der Waals surface area contributed by atoms with Gasteiger partial charge in [0.05, 0.1) is 0 Å². The first kappa shape index (κ1) is 23.1. The zero-order valence-electron chi connectivity index (χ0n) is 18.6. The maximum Gasteiger partial charge on any atom is 0.410 e. The van der Waals surface area contributed by atoms with Gasteiger partial charge in [-0.15, -0.1) is 0 Å². The molecule has 1 saturated heterocycles. The fraction of sp³-hybridized carbons (Fsp3) is 0.375. The summed E-state index contributed by atoms with van der Waals surface area (Å²) in [5.74, 6) is 0.462. The third-order valence-electron chi connectivity index (χ3n) is 4.97. The number of rotatable bonds is 5. The Morgan fingerprint density at radius 2 is 1.41 bits per heavy atom. The van der Waals surface area contributed by atoms with Gasteiger partial charge >= 0.3 is 6.09 Å². The van der Waals surface area contributed by atoms with Crippen LogP contribution in [0, 0.1) is 0 Å². The molecule has 0 atom stereocenters. The Morgan fingerprint density at radius 3 is 1.88 bits per heavy atom. The molecule has 3 N–H and O–H groups in total. The van der Waals surface area contributed by atoms with Crippen LogP contribution in [0.1, 0.15) is 54.3 Å². The van der Waals surface area contributed by atoms with Crippen molar-refractivity contribution in [3.63, 3.8) is 0 Å². The van der Waals surface area contributed by atoms with Crippen LogP contribution in [0.2, 0.25) is 0 Å². The molecule has 32 heavy (non-hydrogen) atoms. The van der Waals surface area contributed by atoms with Crippen LogP contribution in [-0.4, -0.2) is 47.5 Å². The number of carbonyl (C=O) groups excluding carboxylic acids is 3. The Morgan fingerprint density at radius 1 is 0.906 bits per heavy atom. The first-order valence-electron chi connectivity index (χ1n) is 10.6. The third kappa shape index (κ3) is 6.47. The van der Waals surface area contributed by atoms with Gasteiger partial charge < -0.3 is 25.4 Å². The Labute approximate surface area is 187 Å². The van der Waals surface area contributed by atoms with Crippen molar-refractivity contribution in [1.29, 1.82) is 0 Å². The molecule has 0 spiro atoms. The zero-order chi connectivity index (χ0) is 23.3. The highest BCUT2D eigenvalue weighted by Gasteiger charge is 2.27. The van der Waals surface area contributed by atoms with E-state index >= 15 is 0 Å². The van der Waals surface area contributed by atoms with E-state index in [2.05, 4.69) is 5.32 Å². The van der Waals surface area contributed by atoms with Gasteiger partial charge in [0, 0.05) is 30.3 Å². The highest BCUT2D eigenvalue weighted by atomic mass is 16.6. The Bertz CT molecular complexity index is 957. The predicted molar refractivity (Wildman–Crippen MR) is 120 cm³/mol. The molecular formula is C24H29N3O5. The van der Waals surface area contributed by atoms with E-state index in [9.17, 15) is 14.4 Å². The molecule has 2 aromatic rings. The van der Waals surface area contributed by atoms with E-state index in [-0.39, 0.29) is 18.0 Å². The molecule has 8 nitrogen and oxygen atoms in total. The van der Waals surface area contributed by atoms with Crippen LogP contribution in [0.5, 0.6) is 11.5 Å². The smallest absolute Gasteiger partial charge is 0.410 e. The molecule has 1 heterocycles. The van der Waals surface area contributed by atoms with Crippen molar-refractivity contribution in [2.75, 3.05) is 13.1 Å². The van der Waals surface area contributed by atoms with E-state index in [1.165, 1.54) is 0 Å². The number of ether oxygens (including phenoxy) is 2. The first-order chi connectivity index (χ1) is 15.1. The van der Waals surface area contributed by atoms with Crippen molar-refractivity contribution in [1.82, 2.24) is 10.2 Å². The van der Waals surface area contributed by atoms with E-state index in [0.717, 1.165) is 0 Å². The molecule has 170 valence electrons. The van der Waals surface area contributed by atoms with E-state index in [1.54, 1.807) is 53.4 Å². The predicted octanol–water partition coefficient (Wildman–Crippen LogP) is 3.71. The fourth-order valence-electron chi connectivity index (χ4n) is 3.30. The average molecular weight is 440 g/mol. The fourth-order valence-corrected chi connectivity index (χ4v) is 3.30. The van der Waals surface area contributed by atoms with Crippen LogP contribution < -0.4 is 15.8 Å². The number of hydrogen-bond donors (Lipinski definition) is 2. The summed E-state index contributed by atoms with van der Waals surface area (Å²) in [7, 11) is 0. The summed E-state index contributed by atoms with van der Waals surface area (Å²) < 4.78 is 11.1. The number of amides is 3. The standard InChI is InChI=1S/C24H29N3O5/c1-24(2,3)32-23(30)27-14-12-18(13-15-27)26-22(29)17-6-10-20(11-7-17)31-19-8-4-16(5-9-19)21(25)28/h4-11,18H,12-15H2,1-3H3,(H2,25,28)(H,26,29). The number of piperidine rings is 1. The molecule has 0 aromatic heterocycles. The molecule has 1 aliphatic heterocycles. The second-order valence-electron chi connectivity index (χ2n) is 8.73. The molecule has 3 amide bonds. The number of primary amides is 1. The lowest BCUT2D eigenvalue weighted by molar-refractivity contribution is 0.0199. The first-order valence-corrected chi connectivity index (χ1v) is 10.6. The van der Waals surface area contributed by atoms with Crippen LogP contribution >= 0.6 is 0 Å². The highest BCUT2D eigenvalue weighted by molar-refractivity contribution is 5.94. The molecule has 8 heteroatoms. The quantitative estimate of drug-likeness (QED) is 0.738. The summed E-state index contributed by atoms with van der Waals surface area (Å²) in [6, 6.07) is 13.3. The molecule has 2 aromatic carbocycles. The zero-order valence-corrected chi connectivity index (χ0v) is 18.6. The van der Waals surface area contributed by atoms with Crippen molar-refractivity contribution in [3.05, 3.63) is 59.7 Å². The maximum atomic E-state index is 12.6. The summed E-state index contributed by atoms with van der Waals surface area (Å²) in [6.07, 6.45) is 1.03. The normalized spacial score (nSPS) is 14.5. The topological polar surface area (TPSA) is 111 Å². The van der Waals surface area contributed by atoms with Crippen LogP contribution in [-0.2, 0) is 4.74 Å². The molecule has 0 saturated carbocycles. The lowest BCUT2D eigenvalue weighted by atomic mass is 10.0. The van der Waals surface area contributed by atoms with Gasteiger partial charge in [-0.3, -0.25) is 9.59 Å². The number of nitrogens with zero attached hydrogens (tertiary/aromatic N) is 1. The molecule has 3 rings (SSSR count). The van der Waals surface area contributed by atoms with Crippen molar-refractivity contribution in [2.45, 2.75) is 45.3 Å². The monoisotopic (exact) mass is 439 g/mol. The van der Waals surface area contributed by atoms with Gasteiger partial charge in [-0.2, -0.15) is 0 Å². The third-order valence-corrected chi connectivity index (χ3v) is 4.97. The lowest BCUT2D eigenvalue weighted by Gasteiger charge is -2.33. The minimum atomic E-state index is -0.523. The summed E-state index contributed by atoms with van der Waals surface area (Å²) in [5.41, 5.74) is 5.63. The molecule has 1 aliphatic rings. The van der Waals surface area contributed by atoms with Crippen LogP contribution in [0.4, 0.5) is 4.79 Å². The van der Waals surface area contributed by atoms with Gasteiger partial charge in [-0.05, 0) is 82.1 Å². The highest BCUT2D eigenvalue weighted by Crippen LogP contribution is 2.22. The van der Waals surface area contributed by atoms with Gasteiger partial charge in [-0.25, -0.2) is 4.79 Å². The number of nitrogens with two attached hydrogens (primary N) is 1. The minimum Gasteiger partial charge on any atom is -0.457 e.